The predicted molar refractivity (Wildman–Crippen MR) is 146 cm³/mol. The largest absolute Gasteiger partial charge is 0.143 e. The maximum atomic E-state index is 2.48. The molecule has 0 aliphatic carbocycles. The average Bonchev–Trinajstić information content (AvgIpc) is 3.46. The van der Waals surface area contributed by atoms with Crippen molar-refractivity contribution >= 4 is 85.9 Å². The van der Waals surface area contributed by atoms with Crippen molar-refractivity contribution in [3.8, 4) is 0 Å². The van der Waals surface area contributed by atoms with Gasteiger partial charge in [-0.25, -0.2) is 0 Å². The smallest absolute Gasteiger partial charge is 0.0427 e. The van der Waals surface area contributed by atoms with Gasteiger partial charge in [-0.05, 0) is 117 Å². The number of hydrogen-bond donors (Lipinski definition) is 0. The minimum Gasteiger partial charge on any atom is -0.143 e. The number of hydrogen-bond acceptors (Lipinski definition) is 2. The van der Waals surface area contributed by atoms with Gasteiger partial charge in [0.1, 0.15) is 0 Å². The highest BCUT2D eigenvalue weighted by Gasteiger charge is 2.16. The zero-order chi connectivity index (χ0) is 21.7. The zero-order valence-electron chi connectivity index (χ0n) is 18.6. The molecule has 2 aromatic heterocycles. The van der Waals surface area contributed by atoms with Gasteiger partial charge in [0.05, 0.1) is 0 Å². The first-order valence-corrected chi connectivity index (χ1v) is 12.8. The molecule has 0 spiro atoms. The molecule has 5 aromatic carbocycles. The van der Waals surface area contributed by atoms with Gasteiger partial charge in [-0.1, -0.05) is 24.3 Å². The quantitative estimate of drug-likeness (QED) is 0.161. The van der Waals surface area contributed by atoms with E-state index in [1.807, 2.05) is 22.7 Å². The summed E-state index contributed by atoms with van der Waals surface area (Å²) >= 11 is 3.74. The number of aryl methyl sites for hydroxylation is 4. The highest BCUT2D eigenvalue weighted by atomic mass is 32.1. The van der Waals surface area contributed by atoms with Crippen molar-refractivity contribution < 1.29 is 0 Å². The summed E-state index contributed by atoms with van der Waals surface area (Å²) in [6.45, 7) is 8.92. The molecule has 2 heterocycles. The van der Waals surface area contributed by atoms with Crippen LogP contribution in [0.2, 0.25) is 0 Å². The van der Waals surface area contributed by atoms with Gasteiger partial charge >= 0.3 is 0 Å². The molecule has 7 aromatic rings. The summed E-state index contributed by atoms with van der Waals surface area (Å²) in [7, 11) is 0. The fraction of sp³-hybridized carbons (Fsp3) is 0.133. The first kappa shape index (κ1) is 18.6. The van der Waals surface area contributed by atoms with Crippen LogP contribution in [0.1, 0.15) is 22.3 Å². The Morgan fingerprint density at radius 3 is 1.09 bits per heavy atom. The van der Waals surface area contributed by atoms with Gasteiger partial charge in [-0.15, -0.1) is 22.7 Å². The maximum Gasteiger partial charge on any atom is 0.0427 e. The van der Waals surface area contributed by atoms with Crippen molar-refractivity contribution in [2.45, 2.75) is 27.7 Å². The molecule has 0 amide bonds. The van der Waals surface area contributed by atoms with Crippen LogP contribution in [0.4, 0.5) is 0 Å². The first-order chi connectivity index (χ1) is 15.5. The lowest BCUT2D eigenvalue weighted by molar-refractivity contribution is 1.37. The lowest BCUT2D eigenvalue weighted by atomic mass is 9.90. The van der Waals surface area contributed by atoms with E-state index in [9.17, 15) is 0 Å². The van der Waals surface area contributed by atoms with E-state index in [0.717, 1.165) is 0 Å². The molecule has 154 valence electrons. The molecule has 0 saturated heterocycles. The number of rotatable bonds is 0. The Bertz CT molecular complexity index is 1770. The van der Waals surface area contributed by atoms with Crippen molar-refractivity contribution in [3.05, 3.63) is 81.5 Å². The second-order valence-electron chi connectivity index (χ2n) is 9.23. The summed E-state index contributed by atoms with van der Waals surface area (Å²) in [5.41, 5.74) is 5.45. The second kappa shape index (κ2) is 6.31. The molecular formula is C30H22S2. The fourth-order valence-corrected chi connectivity index (χ4v) is 7.29. The Hall–Kier alpha value is -2.94. The Kier molecular flexibility index (Phi) is 3.67. The number of benzene rings is 5. The van der Waals surface area contributed by atoms with Crippen molar-refractivity contribution in [2.75, 3.05) is 0 Å². The third kappa shape index (κ3) is 2.32. The van der Waals surface area contributed by atoms with Crippen molar-refractivity contribution in [2.24, 2.45) is 0 Å². The minimum atomic E-state index is 1.36. The molecule has 0 saturated carbocycles. The second-order valence-corrected chi connectivity index (χ2v) is 11.1. The molecule has 0 radical (unpaired) electrons. The molecule has 0 nitrogen and oxygen atoms in total. The molecule has 2 heteroatoms. The molecular weight excluding hydrogens is 424 g/mol. The van der Waals surface area contributed by atoms with E-state index < -0.39 is 0 Å². The van der Waals surface area contributed by atoms with Gasteiger partial charge in [0.2, 0.25) is 0 Å². The topological polar surface area (TPSA) is 0 Å². The third-order valence-corrected chi connectivity index (χ3v) is 9.30. The van der Waals surface area contributed by atoms with Gasteiger partial charge in [0.15, 0.2) is 0 Å². The Morgan fingerprint density at radius 1 is 0.375 bits per heavy atom. The third-order valence-electron chi connectivity index (χ3n) is 7.41. The van der Waals surface area contributed by atoms with Crippen LogP contribution in [-0.4, -0.2) is 0 Å². The van der Waals surface area contributed by atoms with Crippen molar-refractivity contribution in [1.29, 1.82) is 0 Å². The molecule has 0 aliphatic rings. The first-order valence-electron chi connectivity index (χ1n) is 11.1. The van der Waals surface area contributed by atoms with E-state index in [0.29, 0.717) is 0 Å². The average molecular weight is 447 g/mol. The molecule has 0 fully saturated rings. The summed E-state index contributed by atoms with van der Waals surface area (Å²) in [5, 5.41) is 18.3. The number of thiophene rings is 2. The monoisotopic (exact) mass is 446 g/mol. The SMILES string of the molecule is Cc1cc2c(cc1C)c1ccsc1c1cc3c(cc21)c1cc(C)c(C)cc1c1ccsc13. The standard InChI is InChI=1S/C30H22S2/c1-15-9-21-19-5-7-31-29(19)27-14-28-26(13-25(27)23(21)11-17(15)3)24-12-18(4)16(2)10-22(24)20-6-8-32-30(20)28/h5-14H,1-4H3. The normalized spacial score (nSPS) is 12.4. The predicted octanol–water partition coefficient (Wildman–Crippen LogP) is 9.96. The highest BCUT2D eigenvalue weighted by molar-refractivity contribution is 7.19. The minimum absolute atomic E-state index is 1.36. The van der Waals surface area contributed by atoms with E-state index in [-0.39, 0.29) is 0 Å². The molecule has 0 unspecified atom stereocenters. The molecule has 0 bridgehead atoms. The van der Waals surface area contributed by atoms with Gasteiger partial charge in [0, 0.05) is 30.9 Å². The summed E-state index contributed by atoms with van der Waals surface area (Å²) in [6, 6.07) is 19.1. The van der Waals surface area contributed by atoms with Gasteiger partial charge in [-0.2, -0.15) is 0 Å². The molecule has 32 heavy (non-hydrogen) atoms. The maximum absolute atomic E-state index is 2.48. The van der Waals surface area contributed by atoms with Crippen LogP contribution in [0.25, 0.3) is 63.3 Å². The summed E-state index contributed by atoms with van der Waals surface area (Å²) < 4.78 is 2.81. The molecule has 0 atom stereocenters. The van der Waals surface area contributed by atoms with Crippen molar-refractivity contribution in [3.63, 3.8) is 0 Å². The van der Waals surface area contributed by atoms with E-state index in [1.165, 1.54) is 85.5 Å². The zero-order valence-corrected chi connectivity index (χ0v) is 20.2. The number of fused-ring (bicyclic) bond motifs is 12. The molecule has 0 aliphatic heterocycles. The van der Waals surface area contributed by atoms with Crippen LogP contribution < -0.4 is 0 Å². The lowest BCUT2D eigenvalue weighted by Gasteiger charge is -2.14. The van der Waals surface area contributed by atoms with Crippen LogP contribution in [0.15, 0.2) is 59.3 Å². The Balaban J connectivity index is 1.82. The summed E-state index contributed by atoms with van der Waals surface area (Å²) in [6.07, 6.45) is 0. The lowest BCUT2D eigenvalue weighted by Crippen LogP contribution is -1.88. The van der Waals surface area contributed by atoms with E-state index >= 15 is 0 Å². The van der Waals surface area contributed by atoms with Crippen LogP contribution in [0.5, 0.6) is 0 Å². The van der Waals surface area contributed by atoms with Gasteiger partial charge < -0.3 is 0 Å². The summed E-state index contributed by atoms with van der Waals surface area (Å²) in [4.78, 5) is 0. The molecule has 0 N–H and O–H groups in total. The van der Waals surface area contributed by atoms with Crippen molar-refractivity contribution in [1.82, 2.24) is 0 Å². The van der Waals surface area contributed by atoms with E-state index in [2.05, 4.69) is 87.0 Å². The Morgan fingerprint density at radius 2 is 0.688 bits per heavy atom. The molecule has 7 rings (SSSR count). The van der Waals surface area contributed by atoms with E-state index in [4.69, 9.17) is 0 Å². The summed E-state index contributed by atoms with van der Waals surface area (Å²) in [5.74, 6) is 0. The van der Waals surface area contributed by atoms with Gasteiger partial charge in [0.25, 0.3) is 0 Å². The van der Waals surface area contributed by atoms with Crippen LogP contribution in [0, 0.1) is 27.7 Å². The van der Waals surface area contributed by atoms with Crippen LogP contribution in [-0.2, 0) is 0 Å². The highest BCUT2D eigenvalue weighted by Crippen LogP contribution is 2.45. The van der Waals surface area contributed by atoms with Crippen LogP contribution in [0.3, 0.4) is 0 Å². The van der Waals surface area contributed by atoms with E-state index in [1.54, 1.807) is 0 Å². The Labute approximate surface area is 194 Å². The van der Waals surface area contributed by atoms with Crippen LogP contribution >= 0.6 is 22.7 Å². The van der Waals surface area contributed by atoms with Gasteiger partial charge in [-0.3, -0.25) is 0 Å². The fourth-order valence-electron chi connectivity index (χ4n) is 5.40.